The number of carboxylic acids is 1. The van der Waals surface area contributed by atoms with Gasteiger partial charge in [-0.15, -0.1) is 23.1 Å². The molecule has 1 unspecified atom stereocenters. The third-order valence-corrected chi connectivity index (χ3v) is 4.01. The molecule has 1 aromatic heterocycles. The smallest absolute Gasteiger partial charge is 0.326 e. The molecule has 4 N–H and O–H groups in total. The first-order valence-corrected chi connectivity index (χ1v) is 6.82. The molecule has 1 rings (SSSR count). The molecule has 98 valence electrons. The fourth-order valence-corrected chi connectivity index (χ4v) is 2.72. The van der Waals surface area contributed by atoms with Crippen LogP contribution < -0.4 is 11.1 Å². The molecule has 0 aromatic carbocycles. The highest BCUT2D eigenvalue weighted by molar-refractivity contribution is 8.01. The average Bonchev–Trinajstić information content (AvgIpc) is 2.77. The van der Waals surface area contributed by atoms with Crippen LogP contribution >= 0.6 is 23.1 Å². The molecule has 0 spiro atoms. The van der Waals surface area contributed by atoms with Gasteiger partial charge in [0.05, 0.1) is 16.4 Å². The Bertz CT molecular complexity index is 433. The number of hydrogen-bond donors (Lipinski definition) is 3. The minimum Gasteiger partial charge on any atom is -0.480 e. The van der Waals surface area contributed by atoms with Crippen molar-refractivity contribution in [1.82, 2.24) is 5.32 Å². The van der Waals surface area contributed by atoms with Crippen LogP contribution in [0.25, 0.3) is 0 Å². The first kappa shape index (κ1) is 14.5. The minimum atomic E-state index is -1.27. The van der Waals surface area contributed by atoms with Gasteiger partial charge in [0.25, 0.3) is 0 Å². The van der Waals surface area contributed by atoms with Crippen LogP contribution in [0.5, 0.6) is 0 Å². The molecule has 1 atom stereocenters. The van der Waals surface area contributed by atoms with Crippen LogP contribution in [-0.4, -0.2) is 34.7 Å². The highest BCUT2D eigenvalue weighted by atomic mass is 32.2. The van der Waals surface area contributed by atoms with Gasteiger partial charge in [0.1, 0.15) is 6.04 Å². The van der Waals surface area contributed by atoms with E-state index in [0.29, 0.717) is 0 Å². The lowest BCUT2D eigenvalue weighted by Gasteiger charge is -2.12. The molecule has 0 aliphatic rings. The number of nitrogens with one attached hydrogen (secondary N) is 1. The highest BCUT2D eigenvalue weighted by Crippen LogP contribution is 2.22. The summed E-state index contributed by atoms with van der Waals surface area (Å²) in [5, 5.41) is 12.9. The van der Waals surface area contributed by atoms with Crippen molar-refractivity contribution in [2.45, 2.75) is 16.7 Å². The lowest BCUT2D eigenvalue weighted by molar-refractivity contribution is -0.143. The van der Waals surface area contributed by atoms with E-state index in [1.165, 1.54) is 23.1 Å². The third kappa shape index (κ3) is 5.19. The molecule has 8 heteroatoms. The Labute approximate surface area is 112 Å². The fraction of sp³-hybridized carbons (Fsp3) is 0.300. The van der Waals surface area contributed by atoms with Crippen molar-refractivity contribution in [3.05, 3.63) is 17.5 Å². The highest BCUT2D eigenvalue weighted by Gasteiger charge is 2.21. The molecule has 1 aromatic rings. The van der Waals surface area contributed by atoms with Gasteiger partial charge in [-0.25, -0.2) is 4.79 Å². The predicted octanol–water partition coefficient (Wildman–Crippen LogP) is 0.285. The molecular weight excluding hydrogens is 276 g/mol. The van der Waals surface area contributed by atoms with E-state index in [-0.39, 0.29) is 5.75 Å². The summed E-state index contributed by atoms with van der Waals surface area (Å²) in [6.45, 7) is 0. The molecule has 0 fully saturated rings. The van der Waals surface area contributed by atoms with Crippen LogP contribution in [-0.2, 0) is 14.4 Å². The van der Waals surface area contributed by atoms with E-state index in [1.54, 1.807) is 0 Å². The molecule has 0 aliphatic heterocycles. The van der Waals surface area contributed by atoms with E-state index in [9.17, 15) is 14.4 Å². The summed E-state index contributed by atoms with van der Waals surface area (Å²) in [5.74, 6) is -2.39. The zero-order valence-electron chi connectivity index (χ0n) is 9.29. The molecule has 0 saturated heterocycles. The normalized spacial score (nSPS) is 11.8. The van der Waals surface area contributed by atoms with Gasteiger partial charge in [-0.3, -0.25) is 9.59 Å². The van der Waals surface area contributed by atoms with Gasteiger partial charge in [0.15, 0.2) is 0 Å². The number of carboxylic acid groups (broad SMARTS) is 1. The molecule has 2 amide bonds. The zero-order valence-corrected chi connectivity index (χ0v) is 10.9. The van der Waals surface area contributed by atoms with E-state index in [0.717, 1.165) is 4.21 Å². The Balaban J connectivity index is 2.41. The summed E-state index contributed by atoms with van der Waals surface area (Å²) < 4.78 is 0.965. The van der Waals surface area contributed by atoms with Crippen LogP contribution in [0.15, 0.2) is 21.7 Å². The Morgan fingerprint density at radius 3 is 2.72 bits per heavy atom. The number of thiophene rings is 1. The quantitative estimate of drug-likeness (QED) is 0.624. The van der Waals surface area contributed by atoms with Crippen molar-refractivity contribution >= 4 is 40.9 Å². The SMILES string of the molecule is NC(=O)CC(NC(=O)CSc1cccs1)C(=O)O. The number of hydrogen-bond acceptors (Lipinski definition) is 5. The van der Waals surface area contributed by atoms with Crippen molar-refractivity contribution in [1.29, 1.82) is 0 Å². The molecule has 0 radical (unpaired) electrons. The summed E-state index contributed by atoms with van der Waals surface area (Å²) in [5.41, 5.74) is 4.90. The maximum Gasteiger partial charge on any atom is 0.326 e. The second-order valence-corrected chi connectivity index (χ2v) is 5.57. The molecule has 0 saturated carbocycles. The van der Waals surface area contributed by atoms with E-state index in [2.05, 4.69) is 5.32 Å². The van der Waals surface area contributed by atoms with E-state index < -0.39 is 30.2 Å². The monoisotopic (exact) mass is 288 g/mol. The average molecular weight is 288 g/mol. The van der Waals surface area contributed by atoms with Gasteiger partial charge in [-0.1, -0.05) is 6.07 Å². The number of carbonyl (C=O) groups is 3. The molecule has 6 nitrogen and oxygen atoms in total. The van der Waals surface area contributed by atoms with Crippen molar-refractivity contribution in [3.8, 4) is 0 Å². The third-order valence-electron chi connectivity index (χ3n) is 1.88. The number of amides is 2. The molecular formula is C10H12N2O4S2. The number of rotatable bonds is 7. The van der Waals surface area contributed by atoms with Gasteiger partial charge < -0.3 is 16.2 Å². The maximum atomic E-state index is 11.5. The summed E-state index contributed by atoms with van der Waals surface area (Å²) in [7, 11) is 0. The summed E-state index contributed by atoms with van der Waals surface area (Å²) >= 11 is 2.80. The standard InChI is InChI=1S/C10H12N2O4S2/c11-7(13)4-6(10(15)16)12-8(14)5-18-9-2-1-3-17-9/h1-3,6H,4-5H2,(H2,11,13)(H,12,14)(H,15,16). The zero-order chi connectivity index (χ0) is 13.5. The first-order valence-electron chi connectivity index (χ1n) is 4.96. The lowest BCUT2D eigenvalue weighted by Crippen LogP contribution is -2.44. The summed E-state index contributed by atoms with van der Waals surface area (Å²) in [4.78, 5) is 32.9. The Morgan fingerprint density at radius 2 is 2.22 bits per heavy atom. The fourth-order valence-electron chi connectivity index (χ4n) is 1.12. The lowest BCUT2D eigenvalue weighted by atomic mass is 10.2. The second-order valence-electron chi connectivity index (χ2n) is 3.35. The molecule has 18 heavy (non-hydrogen) atoms. The van der Waals surface area contributed by atoms with Crippen molar-refractivity contribution in [2.24, 2.45) is 5.73 Å². The number of carbonyl (C=O) groups excluding carboxylic acids is 2. The van der Waals surface area contributed by atoms with Crippen LogP contribution in [0, 0.1) is 0 Å². The Morgan fingerprint density at radius 1 is 1.50 bits per heavy atom. The van der Waals surface area contributed by atoms with Gasteiger partial charge in [0.2, 0.25) is 11.8 Å². The summed E-state index contributed by atoms with van der Waals surface area (Å²) in [6.07, 6.45) is -0.412. The van der Waals surface area contributed by atoms with Crippen molar-refractivity contribution in [2.75, 3.05) is 5.75 Å². The maximum absolute atomic E-state index is 11.5. The Kier molecular flexibility index (Phi) is 5.66. The Hall–Kier alpha value is -1.54. The van der Waals surface area contributed by atoms with Gasteiger partial charge in [-0.2, -0.15) is 0 Å². The number of primary amides is 1. The van der Waals surface area contributed by atoms with Crippen LogP contribution in [0.4, 0.5) is 0 Å². The van der Waals surface area contributed by atoms with Crippen LogP contribution in [0.2, 0.25) is 0 Å². The van der Waals surface area contributed by atoms with Crippen molar-refractivity contribution in [3.63, 3.8) is 0 Å². The van der Waals surface area contributed by atoms with Gasteiger partial charge >= 0.3 is 5.97 Å². The topological polar surface area (TPSA) is 109 Å². The van der Waals surface area contributed by atoms with Crippen LogP contribution in [0.1, 0.15) is 6.42 Å². The summed E-state index contributed by atoms with van der Waals surface area (Å²) in [6, 6.07) is 2.46. The molecule has 0 aliphatic carbocycles. The van der Waals surface area contributed by atoms with E-state index in [1.807, 2.05) is 17.5 Å². The van der Waals surface area contributed by atoms with E-state index in [4.69, 9.17) is 10.8 Å². The van der Waals surface area contributed by atoms with Gasteiger partial charge in [0, 0.05) is 0 Å². The second kappa shape index (κ2) is 7.02. The number of aliphatic carboxylic acids is 1. The minimum absolute atomic E-state index is 0.100. The van der Waals surface area contributed by atoms with Crippen molar-refractivity contribution < 1.29 is 19.5 Å². The van der Waals surface area contributed by atoms with E-state index >= 15 is 0 Å². The molecule has 1 heterocycles. The predicted molar refractivity (Wildman–Crippen MR) is 68.4 cm³/mol. The van der Waals surface area contributed by atoms with Crippen LogP contribution in [0.3, 0.4) is 0 Å². The number of thioether (sulfide) groups is 1. The largest absolute Gasteiger partial charge is 0.480 e. The van der Waals surface area contributed by atoms with Gasteiger partial charge in [-0.05, 0) is 11.4 Å². The first-order chi connectivity index (χ1) is 8.49. The molecule has 0 bridgehead atoms. The number of nitrogens with two attached hydrogens (primary N) is 1.